The molecule has 0 bridgehead atoms. The van der Waals surface area contributed by atoms with E-state index in [4.69, 9.17) is 9.15 Å². The normalized spacial score (nSPS) is 10.9. The number of nitrogens with zero attached hydrogens (tertiary/aromatic N) is 2. The Morgan fingerprint density at radius 1 is 1.42 bits per heavy atom. The van der Waals surface area contributed by atoms with Crippen molar-refractivity contribution in [3.8, 4) is 11.5 Å². The fourth-order valence-corrected chi connectivity index (χ4v) is 3.05. The van der Waals surface area contributed by atoms with Crippen LogP contribution in [0.15, 0.2) is 46.4 Å². The molecule has 3 heterocycles. The summed E-state index contributed by atoms with van der Waals surface area (Å²) in [6.07, 6.45) is 2.03. The van der Waals surface area contributed by atoms with Crippen LogP contribution in [0.2, 0.25) is 0 Å². The maximum Gasteiger partial charge on any atom is 0.225 e. The number of methoxy groups -OCH3 is 1. The highest BCUT2D eigenvalue weighted by Gasteiger charge is 2.13. The van der Waals surface area contributed by atoms with Crippen LogP contribution in [0.4, 0.5) is 0 Å². The molecule has 0 radical (unpaired) electrons. The first-order valence-electron chi connectivity index (χ1n) is 7.65. The average Bonchev–Trinajstić information content (AvgIpc) is 3.31. The summed E-state index contributed by atoms with van der Waals surface area (Å²) in [5, 5.41) is 9.41. The predicted octanol–water partition coefficient (Wildman–Crippen LogP) is 2.71. The van der Waals surface area contributed by atoms with Crippen LogP contribution in [-0.2, 0) is 29.0 Å². The Morgan fingerprint density at radius 2 is 2.33 bits per heavy atom. The summed E-state index contributed by atoms with van der Waals surface area (Å²) in [5.41, 5.74) is 1.66. The Hall–Kier alpha value is -2.38. The van der Waals surface area contributed by atoms with E-state index in [1.807, 2.05) is 40.4 Å². The number of ether oxygens (including phenoxy) is 1. The van der Waals surface area contributed by atoms with Crippen LogP contribution >= 0.6 is 11.3 Å². The van der Waals surface area contributed by atoms with Crippen LogP contribution in [0.3, 0.4) is 0 Å². The van der Waals surface area contributed by atoms with Gasteiger partial charge in [-0.15, -0.1) is 11.3 Å². The topological polar surface area (TPSA) is 69.3 Å². The monoisotopic (exact) mass is 345 g/mol. The number of furan rings is 1. The maximum absolute atomic E-state index is 12.0. The minimum Gasteiger partial charge on any atom is -0.463 e. The molecule has 0 saturated heterocycles. The van der Waals surface area contributed by atoms with Crippen LogP contribution in [0.1, 0.15) is 10.6 Å². The van der Waals surface area contributed by atoms with Crippen molar-refractivity contribution in [1.29, 1.82) is 0 Å². The van der Waals surface area contributed by atoms with Crippen molar-refractivity contribution in [2.45, 2.75) is 19.5 Å². The predicted molar refractivity (Wildman–Crippen MR) is 91.7 cm³/mol. The molecule has 1 N–H and O–H groups in total. The molecular weight excluding hydrogens is 326 g/mol. The standard InChI is InChI=1S/C17H19N3O3S/c1-22-8-6-20-15(16-5-2-7-23-16)10-13(19-20)12-18-17(21)11-14-4-3-9-24-14/h2-5,7,9-10H,6,8,11-12H2,1H3,(H,18,21). The first-order valence-corrected chi connectivity index (χ1v) is 8.53. The smallest absolute Gasteiger partial charge is 0.225 e. The Bertz CT molecular complexity index is 763. The van der Waals surface area contributed by atoms with E-state index in [0.29, 0.717) is 26.1 Å². The fraction of sp³-hybridized carbons (Fsp3) is 0.294. The molecule has 24 heavy (non-hydrogen) atoms. The minimum atomic E-state index is -0.0107. The molecule has 0 aliphatic rings. The SMILES string of the molecule is COCCn1nc(CNC(=O)Cc2cccs2)cc1-c1ccco1. The lowest BCUT2D eigenvalue weighted by Crippen LogP contribution is -2.24. The van der Waals surface area contributed by atoms with Crippen LogP contribution in [-0.4, -0.2) is 29.4 Å². The van der Waals surface area contributed by atoms with Crippen molar-refractivity contribution in [1.82, 2.24) is 15.1 Å². The number of rotatable bonds is 8. The number of carbonyl (C=O) groups is 1. The number of aromatic nitrogens is 2. The molecule has 1 amide bonds. The van der Waals surface area contributed by atoms with Crippen molar-refractivity contribution in [3.63, 3.8) is 0 Å². The van der Waals surface area contributed by atoms with Crippen molar-refractivity contribution < 1.29 is 13.9 Å². The molecule has 3 aromatic rings. The molecule has 0 spiro atoms. The number of nitrogens with one attached hydrogen (secondary N) is 1. The second-order valence-corrected chi connectivity index (χ2v) is 6.28. The van der Waals surface area contributed by atoms with E-state index in [1.54, 1.807) is 24.7 Å². The number of hydrogen-bond acceptors (Lipinski definition) is 5. The Kier molecular flexibility index (Phi) is 5.45. The minimum absolute atomic E-state index is 0.0107. The number of thiophene rings is 1. The molecule has 0 atom stereocenters. The highest BCUT2D eigenvalue weighted by atomic mass is 32.1. The van der Waals surface area contributed by atoms with Crippen molar-refractivity contribution in [3.05, 3.63) is 52.5 Å². The van der Waals surface area contributed by atoms with Gasteiger partial charge in [-0.05, 0) is 29.6 Å². The Morgan fingerprint density at radius 3 is 3.04 bits per heavy atom. The summed E-state index contributed by atoms with van der Waals surface area (Å²) in [5.74, 6) is 0.734. The van der Waals surface area contributed by atoms with Gasteiger partial charge in [0.1, 0.15) is 5.69 Å². The molecular formula is C17H19N3O3S. The van der Waals surface area contributed by atoms with Gasteiger partial charge in [-0.1, -0.05) is 6.07 Å². The van der Waals surface area contributed by atoms with Crippen LogP contribution < -0.4 is 5.32 Å². The quantitative estimate of drug-likeness (QED) is 0.681. The van der Waals surface area contributed by atoms with Gasteiger partial charge in [0.05, 0.1) is 38.1 Å². The highest BCUT2D eigenvalue weighted by molar-refractivity contribution is 7.10. The zero-order chi connectivity index (χ0) is 16.8. The van der Waals surface area contributed by atoms with Crippen molar-refractivity contribution in [2.24, 2.45) is 0 Å². The zero-order valence-corrected chi connectivity index (χ0v) is 14.2. The molecule has 0 aliphatic heterocycles. The lowest BCUT2D eigenvalue weighted by atomic mass is 10.3. The molecule has 0 aliphatic carbocycles. The molecule has 0 saturated carbocycles. The second-order valence-electron chi connectivity index (χ2n) is 5.25. The van der Waals surface area contributed by atoms with E-state index in [1.165, 1.54) is 0 Å². The van der Waals surface area contributed by atoms with Gasteiger partial charge in [-0.25, -0.2) is 0 Å². The van der Waals surface area contributed by atoms with E-state index < -0.39 is 0 Å². The van der Waals surface area contributed by atoms with E-state index >= 15 is 0 Å². The third-order valence-electron chi connectivity index (χ3n) is 3.49. The lowest BCUT2D eigenvalue weighted by Gasteiger charge is -2.04. The van der Waals surface area contributed by atoms with Crippen molar-refractivity contribution in [2.75, 3.05) is 13.7 Å². The number of amides is 1. The second kappa shape index (κ2) is 7.94. The number of carbonyl (C=O) groups excluding carboxylic acids is 1. The summed E-state index contributed by atoms with van der Waals surface area (Å²) in [7, 11) is 1.65. The van der Waals surface area contributed by atoms with E-state index in [2.05, 4.69) is 10.4 Å². The molecule has 126 valence electrons. The van der Waals surface area contributed by atoms with E-state index in [0.717, 1.165) is 22.0 Å². The zero-order valence-electron chi connectivity index (χ0n) is 13.4. The Labute approximate surface area is 144 Å². The number of hydrogen-bond donors (Lipinski definition) is 1. The third-order valence-corrected chi connectivity index (χ3v) is 4.37. The summed E-state index contributed by atoms with van der Waals surface area (Å²) in [6.45, 7) is 1.56. The summed E-state index contributed by atoms with van der Waals surface area (Å²) in [6, 6.07) is 9.56. The molecule has 0 fully saturated rings. The Balaban J connectivity index is 1.66. The summed E-state index contributed by atoms with van der Waals surface area (Å²) < 4.78 is 12.4. The molecule has 0 unspecified atom stereocenters. The van der Waals surface area contributed by atoms with Gasteiger partial charge in [0, 0.05) is 12.0 Å². The molecule has 7 heteroatoms. The summed E-state index contributed by atoms with van der Waals surface area (Å²) in [4.78, 5) is 13.0. The van der Waals surface area contributed by atoms with Gasteiger partial charge >= 0.3 is 0 Å². The third kappa shape index (κ3) is 4.12. The van der Waals surface area contributed by atoms with Crippen LogP contribution in [0, 0.1) is 0 Å². The molecule has 6 nitrogen and oxygen atoms in total. The van der Waals surface area contributed by atoms with Gasteiger partial charge in [0.2, 0.25) is 5.91 Å². The average molecular weight is 345 g/mol. The lowest BCUT2D eigenvalue weighted by molar-refractivity contribution is -0.120. The first-order chi connectivity index (χ1) is 11.8. The van der Waals surface area contributed by atoms with Gasteiger partial charge in [-0.2, -0.15) is 5.10 Å². The van der Waals surface area contributed by atoms with Gasteiger partial charge in [0.25, 0.3) is 0 Å². The highest BCUT2D eigenvalue weighted by Crippen LogP contribution is 2.21. The van der Waals surface area contributed by atoms with Gasteiger partial charge in [-0.3, -0.25) is 9.48 Å². The maximum atomic E-state index is 12.0. The summed E-state index contributed by atoms with van der Waals surface area (Å²) >= 11 is 1.58. The fourth-order valence-electron chi connectivity index (χ4n) is 2.35. The van der Waals surface area contributed by atoms with E-state index in [9.17, 15) is 4.79 Å². The molecule has 3 aromatic heterocycles. The largest absolute Gasteiger partial charge is 0.463 e. The van der Waals surface area contributed by atoms with Gasteiger partial charge < -0.3 is 14.5 Å². The van der Waals surface area contributed by atoms with E-state index in [-0.39, 0.29) is 5.91 Å². The van der Waals surface area contributed by atoms with Crippen molar-refractivity contribution >= 4 is 17.2 Å². The molecule has 0 aromatic carbocycles. The first kappa shape index (κ1) is 16.5. The molecule has 3 rings (SSSR count). The van der Waals surface area contributed by atoms with Crippen LogP contribution in [0.25, 0.3) is 11.5 Å². The van der Waals surface area contributed by atoms with Gasteiger partial charge in [0.15, 0.2) is 5.76 Å². The van der Waals surface area contributed by atoms with Crippen LogP contribution in [0.5, 0.6) is 0 Å².